The van der Waals surface area contributed by atoms with Crippen LogP contribution in [0, 0.1) is 6.92 Å². The topological polar surface area (TPSA) is 73.9 Å². The molecular weight excluding hydrogens is 370 g/mol. The number of hydrogen-bond acceptors (Lipinski definition) is 5. The molecule has 2 aromatic rings. The number of rotatable bonds is 5. The van der Waals surface area contributed by atoms with Gasteiger partial charge in [-0.2, -0.15) is 0 Å². The molecule has 27 heavy (non-hydrogen) atoms. The van der Waals surface area contributed by atoms with Crippen molar-refractivity contribution in [3.8, 4) is 11.5 Å². The number of aryl methyl sites for hydroxylation is 1. The van der Waals surface area contributed by atoms with Crippen LogP contribution in [0.1, 0.15) is 28.4 Å². The van der Waals surface area contributed by atoms with Crippen LogP contribution in [-0.4, -0.2) is 31.2 Å². The van der Waals surface area contributed by atoms with Gasteiger partial charge in [-0.15, -0.1) is 0 Å². The predicted molar refractivity (Wildman–Crippen MR) is 100 cm³/mol. The quantitative estimate of drug-likeness (QED) is 0.794. The lowest BCUT2D eigenvalue weighted by Gasteiger charge is -2.20. The van der Waals surface area contributed by atoms with Crippen LogP contribution in [0.15, 0.2) is 36.4 Å². The van der Waals surface area contributed by atoms with E-state index in [2.05, 4.69) is 5.32 Å². The van der Waals surface area contributed by atoms with E-state index < -0.39 is 12.1 Å². The number of benzene rings is 2. The molecule has 1 aliphatic heterocycles. The largest absolute Gasteiger partial charge is 0.486 e. The van der Waals surface area contributed by atoms with E-state index in [0.717, 1.165) is 11.1 Å². The molecule has 1 aliphatic rings. The third-order valence-corrected chi connectivity index (χ3v) is 4.35. The summed E-state index contributed by atoms with van der Waals surface area (Å²) in [5.74, 6) is -0.250. The highest BCUT2D eigenvalue weighted by atomic mass is 35.5. The fourth-order valence-electron chi connectivity index (χ4n) is 2.55. The first-order chi connectivity index (χ1) is 12.9. The zero-order chi connectivity index (χ0) is 19.4. The van der Waals surface area contributed by atoms with E-state index in [-0.39, 0.29) is 16.5 Å². The van der Waals surface area contributed by atoms with Crippen molar-refractivity contribution in [2.45, 2.75) is 26.5 Å². The Labute approximate surface area is 162 Å². The van der Waals surface area contributed by atoms with E-state index >= 15 is 0 Å². The van der Waals surface area contributed by atoms with Crippen molar-refractivity contribution in [3.63, 3.8) is 0 Å². The third-order valence-electron chi connectivity index (χ3n) is 4.07. The van der Waals surface area contributed by atoms with Gasteiger partial charge in [0.15, 0.2) is 17.6 Å². The van der Waals surface area contributed by atoms with Crippen LogP contribution in [0.2, 0.25) is 5.02 Å². The summed E-state index contributed by atoms with van der Waals surface area (Å²) in [6.45, 7) is 4.64. The molecule has 142 valence electrons. The molecule has 1 amide bonds. The van der Waals surface area contributed by atoms with E-state index in [1.807, 2.05) is 31.2 Å². The van der Waals surface area contributed by atoms with Gasteiger partial charge in [-0.05, 0) is 31.5 Å². The van der Waals surface area contributed by atoms with Crippen molar-refractivity contribution in [2.24, 2.45) is 0 Å². The molecule has 0 saturated carbocycles. The summed E-state index contributed by atoms with van der Waals surface area (Å²) in [4.78, 5) is 24.5. The van der Waals surface area contributed by atoms with E-state index in [9.17, 15) is 9.59 Å². The maximum absolute atomic E-state index is 12.4. The van der Waals surface area contributed by atoms with Crippen molar-refractivity contribution < 1.29 is 23.8 Å². The molecule has 1 atom stereocenters. The maximum atomic E-state index is 12.4. The molecule has 0 aromatic heterocycles. The second kappa shape index (κ2) is 8.31. The second-order valence-electron chi connectivity index (χ2n) is 6.23. The van der Waals surface area contributed by atoms with Gasteiger partial charge in [-0.25, -0.2) is 4.79 Å². The average molecular weight is 390 g/mol. The molecule has 2 aromatic carbocycles. The minimum absolute atomic E-state index is 0.197. The van der Waals surface area contributed by atoms with E-state index in [1.165, 1.54) is 19.1 Å². The van der Waals surface area contributed by atoms with Crippen molar-refractivity contribution in [1.29, 1.82) is 0 Å². The summed E-state index contributed by atoms with van der Waals surface area (Å²) < 4.78 is 16.1. The molecule has 3 rings (SSSR count). The second-order valence-corrected chi connectivity index (χ2v) is 6.64. The van der Waals surface area contributed by atoms with E-state index in [4.69, 9.17) is 25.8 Å². The lowest BCUT2D eigenvalue weighted by atomic mass is 10.1. The van der Waals surface area contributed by atoms with Gasteiger partial charge in [0.25, 0.3) is 5.91 Å². The molecule has 7 heteroatoms. The smallest absolute Gasteiger partial charge is 0.339 e. The number of carbonyl (C=O) groups excluding carboxylic acids is 2. The zero-order valence-corrected chi connectivity index (χ0v) is 15.8. The van der Waals surface area contributed by atoms with Gasteiger partial charge in [0, 0.05) is 6.54 Å². The first-order valence-electron chi connectivity index (χ1n) is 8.57. The minimum atomic E-state index is -0.949. The normalized spacial score (nSPS) is 13.6. The molecule has 0 bridgehead atoms. The Hall–Kier alpha value is -2.73. The number of nitrogens with one attached hydrogen (secondary N) is 1. The average Bonchev–Trinajstić information content (AvgIpc) is 2.67. The van der Waals surface area contributed by atoms with Crippen molar-refractivity contribution in [1.82, 2.24) is 5.32 Å². The molecule has 1 N–H and O–H groups in total. The van der Waals surface area contributed by atoms with Crippen LogP contribution in [0.4, 0.5) is 0 Å². The van der Waals surface area contributed by atoms with Crippen molar-refractivity contribution in [3.05, 3.63) is 58.1 Å². The van der Waals surface area contributed by atoms with Crippen LogP contribution in [0.3, 0.4) is 0 Å². The molecule has 0 fully saturated rings. The van der Waals surface area contributed by atoms with Crippen LogP contribution in [-0.2, 0) is 16.1 Å². The molecule has 0 spiro atoms. The maximum Gasteiger partial charge on any atom is 0.339 e. The SMILES string of the molecule is Cc1ccc(CNC(=O)[C@@H](C)OC(=O)c2cc(Cl)c3c(c2)OCCO3)cc1. The monoisotopic (exact) mass is 389 g/mol. The fourth-order valence-corrected chi connectivity index (χ4v) is 2.81. The Morgan fingerprint density at radius 1 is 1.19 bits per heavy atom. The number of halogens is 1. The van der Waals surface area contributed by atoms with Crippen molar-refractivity contribution in [2.75, 3.05) is 13.2 Å². The number of esters is 1. The summed E-state index contributed by atoms with van der Waals surface area (Å²) in [5.41, 5.74) is 2.30. The number of carbonyl (C=O) groups is 2. The molecular formula is C20H20ClNO5. The lowest BCUT2D eigenvalue weighted by molar-refractivity contribution is -0.129. The van der Waals surface area contributed by atoms with Gasteiger partial charge in [-0.1, -0.05) is 41.4 Å². The number of hydrogen-bond donors (Lipinski definition) is 1. The standard InChI is InChI=1S/C20H20ClNO5/c1-12-3-5-14(6-4-12)11-22-19(23)13(2)27-20(24)15-9-16(21)18-17(10-15)25-7-8-26-18/h3-6,9-10,13H,7-8,11H2,1-2H3,(H,22,23)/t13-/m1/s1. The lowest BCUT2D eigenvalue weighted by Crippen LogP contribution is -2.35. The predicted octanol–water partition coefficient (Wildman–Crippen LogP) is 3.28. The summed E-state index contributed by atoms with van der Waals surface area (Å²) in [5, 5.41) is 3.01. The van der Waals surface area contributed by atoms with E-state index in [0.29, 0.717) is 31.3 Å². The Morgan fingerprint density at radius 3 is 2.63 bits per heavy atom. The van der Waals surface area contributed by atoms with Gasteiger partial charge in [0.1, 0.15) is 13.2 Å². The summed E-state index contributed by atoms with van der Waals surface area (Å²) >= 11 is 6.13. The highest BCUT2D eigenvalue weighted by Crippen LogP contribution is 2.38. The first kappa shape index (κ1) is 19.0. The van der Waals surface area contributed by atoms with E-state index in [1.54, 1.807) is 0 Å². The molecule has 0 radical (unpaired) electrons. The molecule has 1 heterocycles. The summed E-state index contributed by atoms with van der Waals surface area (Å²) in [6, 6.07) is 10.7. The van der Waals surface area contributed by atoms with Crippen LogP contribution in [0.25, 0.3) is 0 Å². The number of amides is 1. The Bertz CT molecular complexity index is 850. The Kier molecular flexibility index (Phi) is 5.86. The van der Waals surface area contributed by atoms with Gasteiger partial charge < -0.3 is 19.5 Å². The van der Waals surface area contributed by atoms with Crippen molar-refractivity contribution >= 4 is 23.5 Å². The van der Waals surface area contributed by atoms with Gasteiger partial charge >= 0.3 is 5.97 Å². The summed E-state index contributed by atoms with van der Waals surface area (Å²) in [7, 11) is 0. The third kappa shape index (κ3) is 4.71. The summed E-state index contributed by atoms with van der Waals surface area (Å²) in [6.07, 6.45) is -0.949. The highest BCUT2D eigenvalue weighted by molar-refractivity contribution is 6.32. The van der Waals surface area contributed by atoms with Gasteiger partial charge in [0.05, 0.1) is 10.6 Å². The minimum Gasteiger partial charge on any atom is -0.486 e. The molecule has 0 saturated heterocycles. The number of ether oxygens (including phenoxy) is 3. The zero-order valence-electron chi connectivity index (χ0n) is 15.1. The van der Waals surface area contributed by atoms with Gasteiger partial charge in [0.2, 0.25) is 0 Å². The Morgan fingerprint density at radius 2 is 1.89 bits per heavy atom. The molecule has 0 unspecified atom stereocenters. The molecule has 6 nitrogen and oxygen atoms in total. The van der Waals surface area contributed by atoms with Crippen LogP contribution in [0.5, 0.6) is 11.5 Å². The first-order valence-corrected chi connectivity index (χ1v) is 8.95. The highest BCUT2D eigenvalue weighted by Gasteiger charge is 2.23. The number of fused-ring (bicyclic) bond motifs is 1. The van der Waals surface area contributed by atoms with Crippen LogP contribution >= 0.6 is 11.6 Å². The Balaban J connectivity index is 1.59. The fraction of sp³-hybridized carbons (Fsp3) is 0.300. The van der Waals surface area contributed by atoms with Gasteiger partial charge in [-0.3, -0.25) is 4.79 Å². The van der Waals surface area contributed by atoms with Crippen LogP contribution < -0.4 is 14.8 Å². The molecule has 0 aliphatic carbocycles.